The molecule has 35 heavy (non-hydrogen) atoms. The van der Waals surface area contributed by atoms with Gasteiger partial charge in [0.1, 0.15) is 5.60 Å². The van der Waals surface area contributed by atoms with Gasteiger partial charge in [-0.15, -0.1) is 0 Å². The van der Waals surface area contributed by atoms with Gasteiger partial charge in [0.15, 0.2) is 6.23 Å². The van der Waals surface area contributed by atoms with Crippen molar-refractivity contribution >= 4 is 30.8 Å². The molecule has 0 aliphatic carbocycles. The Morgan fingerprint density at radius 1 is 0.886 bits per heavy atom. The second-order valence-corrected chi connectivity index (χ2v) is 15.5. The molecule has 0 spiro atoms. The number of nitrogens with zero attached hydrogens (tertiary/aromatic N) is 1. The fourth-order valence-corrected chi connectivity index (χ4v) is 9.48. The largest absolute Gasteiger partial charge is 0.444 e. The minimum Gasteiger partial charge on any atom is -0.444 e. The van der Waals surface area contributed by atoms with E-state index in [0.29, 0.717) is 19.4 Å². The second kappa shape index (κ2) is 10.5. The van der Waals surface area contributed by atoms with Crippen LogP contribution < -0.4 is 10.4 Å². The molecule has 1 aliphatic heterocycles. The van der Waals surface area contributed by atoms with Gasteiger partial charge in [0.25, 0.3) is 8.32 Å². The SMILES string of the molecule is CC(=O)OC1CC[C@@H](CO[Si](c2ccccc2)(c2ccccc2)C(C)(C)C)N1C(=O)OC(C)(C)C. The van der Waals surface area contributed by atoms with Crippen molar-refractivity contribution in [1.29, 1.82) is 0 Å². The number of amides is 1. The van der Waals surface area contributed by atoms with Gasteiger partial charge in [-0.25, -0.2) is 4.79 Å². The number of carbonyl (C=O) groups is 2. The molecule has 0 N–H and O–H groups in total. The first kappa shape index (κ1) is 27.0. The van der Waals surface area contributed by atoms with E-state index in [4.69, 9.17) is 13.9 Å². The standard InChI is InChI=1S/C28H39NO5Si/c1-21(30)33-25-19-18-22(29(25)26(31)34-27(2,3)4)20-32-35(28(5,6)7,23-14-10-8-11-15-23)24-16-12-9-13-17-24/h8-17,22,25H,18-20H2,1-7H3/t22-,25?/m0/s1. The molecule has 2 aromatic rings. The molecular weight excluding hydrogens is 458 g/mol. The molecule has 1 amide bonds. The van der Waals surface area contributed by atoms with Crippen LogP contribution in [0.25, 0.3) is 0 Å². The minimum atomic E-state index is -2.77. The molecule has 2 atom stereocenters. The Hall–Kier alpha value is -2.64. The molecule has 1 fully saturated rings. The second-order valence-electron chi connectivity index (χ2n) is 11.2. The van der Waals surface area contributed by atoms with Gasteiger partial charge in [0.05, 0.1) is 12.6 Å². The van der Waals surface area contributed by atoms with Crippen molar-refractivity contribution in [2.45, 2.75) is 84.2 Å². The first-order valence-corrected chi connectivity index (χ1v) is 14.2. The van der Waals surface area contributed by atoms with Crippen molar-refractivity contribution < 1.29 is 23.5 Å². The van der Waals surface area contributed by atoms with Gasteiger partial charge in [-0.05, 0) is 42.6 Å². The molecule has 0 radical (unpaired) electrons. The van der Waals surface area contributed by atoms with Crippen LogP contribution >= 0.6 is 0 Å². The zero-order valence-electron chi connectivity index (χ0n) is 22.0. The first-order valence-electron chi connectivity index (χ1n) is 12.3. The number of carbonyl (C=O) groups excluding carboxylic acids is 2. The summed E-state index contributed by atoms with van der Waals surface area (Å²) in [5, 5.41) is 2.18. The Morgan fingerprint density at radius 2 is 1.40 bits per heavy atom. The highest BCUT2D eigenvalue weighted by Crippen LogP contribution is 2.38. The molecule has 2 aromatic carbocycles. The lowest BCUT2D eigenvalue weighted by molar-refractivity contribution is -0.154. The molecule has 0 saturated carbocycles. The average molecular weight is 498 g/mol. The lowest BCUT2D eigenvalue weighted by Crippen LogP contribution is -2.67. The predicted octanol–water partition coefficient (Wildman–Crippen LogP) is 4.85. The maximum absolute atomic E-state index is 13.2. The molecular formula is C28H39NO5Si. The summed E-state index contributed by atoms with van der Waals surface area (Å²) < 4.78 is 18.2. The Morgan fingerprint density at radius 3 is 1.83 bits per heavy atom. The molecule has 6 nitrogen and oxygen atoms in total. The van der Waals surface area contributed by atoms with Gasteiger partial charge in [0.2, 0.25) is 0 Å². The van der Waals surface area contributed by atoms with Crippen LogP contribution in [0.4, 0.5) is 4.79 Å². The van der Waals surface area contributed by atoms with Gasteiger partial charge < -0.3 is 13.9 Å². The molecule has 0 bridgehead atoms. The number of ether oxygens (including phenoxy) is 2. The van der Waals surface area contributed by atoms with E-state index in [2.05, 4.69) is 69.3 Å². The predicted molar refractivity (Wildman–Crippen MR) is 140 cm³/mol. The lowest BCUT2D eigenvalue weighted by Gasteiger charge is -2.44. The van der Waals surface area contributed by atoms with Gasteiger partial charge in [-0.3, -0.25) is 9.69 Å². The number of esters is 1. The van der Waals surface area contributed by atoms with Crippen LogP contribution in [0.2, 0.25) is 5.04 Å². The summed E-state index contributed by atoms with van der Waals surface area (Å²) in [6, 6.07) is 20.5. The summed E-state index contributed by atoms with van der Waals surface area (Å²) in [6.07, 6.45) is 0.0654. The van der Waals surface area contributed by atoms with Gasteiger partial charge >= 0.3 is 12.1 Å². The number of hydrogen-bond donors (Lipinski definition) is 0. The Bertz CT molecular complexity index is 958. The van der Waals surface area contributed by atoms with Gasteiger partial charge in [0, 0.05) is 13.3 Å². The zero-order chi connectivity index (χ0) is 25.9. The highest BCUT2D eigenvalue weighted by Gasteiger charge is 2.51. The zero-order valence-corrected chi connectivity index (χ0v) is 23.0. The molecule has 0 aromatic heterocycles. The van der Waals surface area contributed by atoms with E-state index < -0.39 is 32.2 Å². The molecule has 1 unspecified atom stereocenters. The fourth-order valence-electron chi connectivity index (χ4n) is 4.88. The maximum Gasteiger partial charge on any atom is 0.413 e. The maximum atomic E-state index is 13.2. The summed E-state index contributed by atoms with van der Waals surface area (Å²) >= 11 is 0. The number of likely N-dealkylation sites (tertiary alicyclic amines) is 1. The van der Waals surface area contributed by atoms with E-state index in [9.17, 15) is 9.59 Å². The fraction of sp³-hybridized carbons (Fsp3) is 0.500. The quantitative estimate of drug-likeness (QED) is 0.422. The monoisotopic (exact) mass is 497 g/mol. The van der Waals surface area contributed by atoms with Crippen molar-refractivity contribution in [2.24, 2.45) is 0 Å². The third kappa shape index (κ3) is 6.14. The van der Waals surface area contributed by atoms with E-state index in [-0.39, 0.29) is 11.1 Å². The van der Waals surface area contributed by atoms with Gasteiger partial charge in [-0.1, -0.05) is 81.4 Å². The smallest absolute Gasteiger partial charge is 0.413 e. The number of rotatable bonds is 6. The van der Waals surface area contributed by atoms with Crippen LogP contribution in [-0.4, -0.2) is 49.8 Å². The van der Waals surface area contributed by atoms with Crippen LogP contribution in [0, 0.1) is 0 Å². The first-order chi connectivity index (χ1) is 16.3. The summed E-state index contributed by atoms with van der Waals surface area (Å²) in [5.74, 6) is -0.419. The van der Waals surface area contributed by atoms with Crippen molar-refractivity contribution in [1.82, 2.24) is 4.90 Å². The van der Waals surface area contributed by atoms with Crippen molar-refractivity contribution in [3.63, 3.8) is 0 Å². The molecule has 3 rings (SSSR count). The Kier molecular flexibility index (Phi) is 8.12. The molecule has 7 heteroatoms. The number of benzene rings is 2. The summed E-state index contributed by atoms with van der Waals surface area (Å²) in [7, 11) is -2.77. The third-order valence-corrected chi connectivity index (χ3v) is 11.3. The molecule has 190 valence electrons. The van der Waals surface area contributed by atoms with E-state index in [1.54, 1.807) is 4.90 Å². The summed E-state index contributed by atoms with van der Waals surface area (Å²) in [6.45, 7) is 13.8. The third-order valence-electron chi connectivity index (χ3n) is 6.27. The normalized spacial score (nSPS) is 18.9. The van der Waals surface area contributed by atoms with Crippen LogP contribution in [0.15, 0.2) is 60.7 Å². The highest BCUT2D eigenvalue weighted by molar-refractivity contribution is 6.99. The average Bonchev–Trinajstić information content (AvgIpc) is 3.15. The topological polar surface area (TPSA) is 65.1 Å². The van der Waals surface area contributed by atoms with Crippen molar-refractivity contribution in [3.8, 4) is 0 Å². The van der Waals surface area contributed by atoms with Crippen molar-refractivity contribution in [2.75, 3.05) is 6.61 Å². The Balaban J connectivity index is 1.99. The van der Waals surface area contributed by atoms with Crippen LogP contribution in [0.1, 0.15) is 61.3 Å². The highest BCUT2D eigenvalue weighted by atomic mass is 28.4. The van der Waals surface area contributed by atoms with E-state index >= 15 is 0 Å². The molecule has 1 heterocycles. The lowest BCUT2D eigenvalue weighted by atomic mass is 10.2. The number of hydrogen-bond acceptors (Lipinski definition) is 5. The van der Waals surface area contributed by atoms with Gasteiger partial charge in [-0.2, -0.15) is 0 Å². The van der Waals surface area contributed by atoms with Crippen LogP contribution in [0.5, 0.6) is 0 Å². The van der Waals surface area contributed by atoms with E-state index in [0.717, 1.165) is 0 Å². The van der Waals surface area contributed by atoms with Crippen LogP contribution in [0.3, 0.4) is 0 Å². The molecule has 1 saturated heterocycles. The van der Waals surface area contributed by atoms with E-state index in [1.165, 1.54) is 17.3 Å². The summed E-state index contributed by atoms with van der Waals surface area (Å²) in [4.78, 5) is 26.5. The van der Waals surface area contributed by atoms with Crippen LogP contribution in [-0.2, 0) is 18.7 Å². The molecule has 1 aliphatic rings. The Labute approximate surface area is 210 Å². The minimum absolute atomic E-state index is 0.180. The summed E-state index contributed by atoms with van der Waals surface area (Å²) in [5.41, 5.74) is -0.663. The van der Waals surface area contributed by atoms with Crippen molar-refractivity contribution in [3.05, 3.63) is 60.7 Å². The van der Waals surface area contributed by atoms with E-state index in [1.807, 2.05) is 32.9 Å².